The number of hydrogen-bond acceptors (Lipinski definition) is 4. The van der Waals surface area contributed by atoms with Crippen LogP contribution in [-0.4, -0.2) is 49.7 Å². The molecule has 1 aliphatic carbocycles. The van der Waals surface area contributed by atoms with Crippen LogP contribution in [0.15, 0.2) is 53.4 Å². The molecular formula is C22H24FN3O4S. The monoisotopic (exact) mass is 445 g/mol. The number of sulfonamides is 1. The second kappa shape index (κ2) is 8.76. The van der Waals surface area contributed by atoms with Crippen molar-refractivity contribution in [3.05, 3.63) is 65.5 Å². The van der Waals surface area contributed by atoms with Crippen molar-refractivity contribution in [2.75, 3.05) is 13.1 Å². The van der Waals surface area contributed by atoms with Gasteiger partial charge in [0.2, 0.25) is 10.0 Å². The van der Waals surface area contributed by atoms with Gasteiger partial charge in [-0.15, -0.1) is 0 Å². The number of nitrogens with one attached hydrogen (secondary N) is 2. The minimum Gasteiger partial charge on any atom is -0.349 e. The average molecular weight is 446 g/mol. The molecule has 1 saturated heterocycles. The molecular weight excluding hydrogens is 421 g/mol. The van der Waals surface area contributed by atoms with Gasteiger partial charge < -0.3 is 10.6 Å². The molecule has 0 spiro atoms. The van der Waals surface area contributed by atoms with Crippen LogP contribution in [0.4, 0.5) is 4.39 Å². The van der Waals surface area contributed by atoms with Crippen molar-refractivity contribution in [2.45, 2.75) is 42.7 Å². The van der Waals surface area contributed by atoms with Crippen LogP contribution in [-0.2, 0) is 10.0 Å². The zero-order chi connectivity index (χ0) is 22.0. The molecule has 1 aliphatic heterocycles. The molecule has 0 unspecified atom stereocenters. The maximum Gasteiger partial charge on any atom is 0.251 e. The summed E-state index contributed by atoms with van der Waals surface area (Å²) in [6.45, 7) is 0.557. The Morgan fingerprint density at radius 3 is 1.71 bits per heavy atom. The molecule has 4 rings (SSSR count). The molecule has 164 valence electrons. The summed E-state index contributed by atoms with van der Waals surface area (Å²) in [5.74, 6) is -0.905. The molecule has 0 atom stereocenters. The molecule has 2 fully saturated rings. The van der Waals surface area contributed by atoms with Crippen molar-refractivity contribution in [1.82, 2.24) is 14.9 Å². The topological polar surface area (TPSA) is 95.6 Å². The lowest BCUT2D eigenvalue weighted by atomic mass is 10.1. The molecule has 7 nitrogen and oxygen atoms in total. The summed E-state index contributed by atoms with van der Waals surface area (Å²) in [7, 11) is -3.68. The number of halogens is 1. The van der Waals surface area contributed by atoms with Crippen molar-refractivity contribution in [3.8, 4) is 0 Å². The second-order valence-electron chi connectivity index (χ2n) is 7.93. The predicted octanol–water partition coefficient (Wildman–Crippen LogP) is 2.30. The van der Waals surface area contributed by atoms with Crippen molar-refractivity contribution in [2.24, 2.45) is 0 Å². The first-order valence-electron chi connectivity index (χ1n) is 10.3. The number of carbonyl (C=O) groups is 2. The summed E-state index contributed by atoms with van der Waals surface area (Å²) >= 11 is 0. The van der Waals surface area contributed by atoms with Gasteiger partial charge in [0.1, 0.15) is 5.82 Å². The van der Waals surface area contributed by atoms with E-state index in [4.69, 9.17) is 0 Å². The maximum absolute atomic E-state index is 13.0. The number of rotatable bonds is 6. The maximum atomic E-state index is 13.0. The van der Waals surface area contributed by atoms with Gasteiger partial charge in [-0.2, -0.15) is 4.31 Å². The van der Waals surface area contributed by atoms with Crippen LogP contribution in [0.25, 0.3) is 0 Å². The van der Waals surface area contributed by atoms with Crippen LogP contribution in [0, 0.1) is 5.82 Å². The molecule has 1 heterocycles. The zero-order valence-corrected chi connectivity index (χ0v) is 17.7. The third-order valence-electron chi connectivity index (χ3n) is 5.56. The molecule has 2 aliphatic rings. The lowest BCUT2D eigenvalue weighted by Crippen LogP contribution is -2.46. The van der Waals surface area contributed by atoms with Gasteiger partial charge in [-0.1, -0.05) is 0 Å². The Morgan fingerprint density at radius 2 is 1.23 bits per heavy atom. The zero-order valence-electron chi connectivity index (χ0n) is 16.9. The summed E-state index contributed by atoms with van der Waals surface area (Å²) in [6.07, 6.45) is 2.93. The third kappa shape index (κ3) is 5.11. The summed E-state index contributed by atoms with van der Waals surface area (Å²) in [5, 5.41) is 5.75. The van der Waals surface area contributed by atoms with Crippen molar-refractivity contribution < 1.29 is 22.4 Å². The summed E-state index contributed by atoms with van der Waals surface area (Å²) in [4.78, 5) is 24.5. The summed E-state index contributed by atoms with van der Waals surface area (Å²) in [6, 6.07) is 11.3. The quantitative estimate of drug-likeness (QED) is 0.713. The summed E-state index contributed by atoms with van der Waals surface area (Å²) in [5.41, 5.74) is 0.801. The van der Waals surface area contributed by atoms with E-state index in [1.807, 2.05) is 0 Å². The van der Waals surface area contributed by atoms with E-state index in [-0.39, 0.29) is 41.9 Å². The molecule has 0 bridgehead atoms. The van der Waals surface area contributed by atoms with E-state index >= 15 is 0 Å². The highest BCUT2D eigenvalue weighted by Gasteiger charge is 2.30. The normalized spacial score (nSPS) is 17.8. The Kier molecular flexibility index (Phi) is 6.06. The van der Waals surface area contributed by atoms with E-state index in [0.717, 1.165) is 12.8 Å². The second-order valence-corrected chi connectivity index (χ2v) is 9.87. The molecule has 2 aromatic carbocycles. The smallest absolute Gasteiger partial charge is 0.251 e. The van der Waals surface area contributed by atoms with Crippen molar-refractivity contribution in [1.29, 1.82) is 0 Å². The number of nitrogens with zero attached hydrogens (tertiary/aromatic N) is 1. The van der Waals surface area contributed by atoms with E-state index in [0.29, 0.717) is 24.0 Å². The van der Waals surface area contributed by atoms with Gasteiger partial charge in [-0.05, 0) is 74.2 Å². The van der Waals surface area contributed by atoms with Crippen molar-refractivity contribution >= 4 is 21.8 Å². The fourth-order valence-electron chi connectivity index (χ4n) is 3.53. The predicted molar refractivity (Wildman–Crippen MR) is 113 cm³/mol. The third-order valence-corrected chi connectivity index (χ3v) is 7.48. The van der Waals surface area contributed by atoms with E-state index in [2.05, 4.69) is 10.6 Å². The van der Waals surface area contributed by atoms with E-state index < -0.39 is 15.8 Å². The van der Waals surface area contributed by atoms with Crippen molar-refractivity contribution in [3.63, 3.8) is 0 Å². The van der Waals surface area contributed by atoms with Gasteiger partial charge in [0.05, 0.1) is 4.90 Å². The lowest BCUT2D eigenvalue weighted by molar-refractivity contribution is 0.0921. The number of benzene rings is 2. The Morgan fingerprint density at radius 1 is 0.774 bits per heavy atom. The highest BCUT2D eigenvalue weighted by molar-refractivity contribution is 7.89. The van der Waals surface area contributed by atoms with Crippen LogP contribution >= 0.6 is 0 Å². The van der Waals surface area contributed by atoms with Crippen LogP contribution in [0.5, 0.6) is 0 Å². The molecule has 0 radical (unpaired) electrons. The highest BCUT2D eigenvalue weighted by Crippen LogP contribution is 2.23. The molecule has 2 N–H and O–H groups in total. The first-order valence-corrected chi connectivity index (χ1v) is 11.7. The minimum absolute atomic E-state index is 0.143. The Hall–Kier alpha value is -2.78. The van der Waals surface area contributed by atoms with Gasteiger partial charge in [0.15, 0.2) is 0 Å². The van der Waals surface area contributed by atoms with Gasteiger partial charge >= 0.3 is 0 Å². The van der Waals surface area contributed by atoms with Gasteiger partial charge in [-0.25, -0.2) is 12.8 Å². The van der Waals surface area contributed by atoms with Crippen LogP contribution in [0.1, 0.15) is 46.4 Å². The van der Waals surface area contributed by atoms with Gasteiger partial charge in [-0.3, -0.25) is 9.59 Å². The Balaban J connectivity index is 1.33. The van der Waals surface area contributed by atoms with E-state index in [1.165, 1.54) is 52.8 Å². The largest absolute Gasteiger partial charge is 0.349 e. The van der Waals surface area contributed by atoms with E-state index in [1.54, 1.807) is 0 Å². The Bertz CT molecular complexity index is 1060. The van der Waals surface area contributed by atoms with Gasteiger partial charge in [0.25, 0.3) is 11.8 Å². The Labute approximate surface area is 180 Å². The fraction of sp³-hybridized carbons (Fsp3) is 0.364. The molecule has 1 saturated carbocycles. The highest BCUT2D eigenvalue weighted by atomic mass is 32.2. The molecule has 9 heteroatoms. The van der Waals surface area contributed by atoms with Crippen LogP contribution < -0.4 is 10.6 Å². The number of amides is 2. The standard InChI is InChI=1S/C22H24FN3O4S/c23-17-5-1-15(2-6-17)21(27)25-19-11-13-26(14-12-19)31(29,30)20-9-3-16(4-10-20)22(28)24-18-7-8-18/h1-6,9-10,18-19H,7-8,11-14H2,(H,24,28)(H,25,27). The fourth-order valence-corrected chi connectivity index (χ4v) is 5.00. The number of piperidine rings is 1. The van der Waals surface area contributed by atoms with E-state index in [9.17, 15) is 22.4 Å². The molecule has 31 heavy (non-hydrogen) atoms. The van der Waals surface area contributed by atoms with Gasteiger partial charge in [0, 0.05) is 36.3 Å². The lowest BCUT2D eigenvalue weighted by Gasteiger charge is -2.31. The molecule has 0 aromatic heterocycles. The summed E-state index contributed by atoms with van der Waals surface area (Å²) < 4.78 is 40.3. The minimum atomic E-state index is -3.68. The average Bonchev–Trinajstić information content (AvgIpc) is 3.58. The van der Waals surface area contributed by atoms with Crippen LogP contribution in [0.3, 0.4) is 0 Å². The van der Waals surface area contributed by atoms with Crippen LogP contribution in [0.2, 0.25) is 0 Å². The number of carbonyl (C=O) groups excluding carboxylic acids is 2. The number of hydrogen-bond donors (Lipinski definition) is 2. The first kappa shape index (κ1) is 21.5. The molecule has 2 amide bonds. The SMILES string of the molecule is O=C(NC1CC1)c1ccc(S(=O)(=O)N2CCC(NC(=O)c3ccc(F)cc3)CC2)cc1. The molecule has 2 aromatic rings. The first-order chi connectivity index (χ1) is 14.8.